The summed E-state index contributed by atoms with van der Waals surface area (Å²) in [6, 6.07) is 9.37. The quantitative estimate of drug-likeness (QED) is 0.820. The Morgan fingerprint density at radius 2 is 2.00 bits per heavy atom. The van der Waals surface area contributed by atoms with E-state index in [1.807, 2.05) is 12.1 Å². The van der Waals surface area contributed by atoms with Crippen LogP contribution in [0.1, 0.15) is 31.4 Å². The molecule has 17 heavy (non-hydrogen) atoms. The summed E-state index contributed by atoms with van der Waals surface area (Å²) in [6.07, 6.45) is 2.64. The van der Waals surface area contributed by atoms with E-state index in [4.69, 9.17) is 10.5 Å². The summed E-state index contributed by atoms with van der Waals surface area (Å²) in [6.45, 7) is 3.96. The van der Waals surface area contributed by atoms with Gasteiger partial charge in [-0.1, -0.05) is 19.1 Å². The monoisotopic (exact) mass is 234 g/mol. The summed E-state index contributed by atoms with van der Waals surface area (Å²) in [5.74, 6) is 0.902. The molecule has 1 aromatic carbocycles. The molecule has 0 spiro atoms. The molecule has 1 fully saturated rings. The van der Waals surface area contributed by atoms with E-state index in [-0.39, 0.29) is 0 Å². The van der Waals surface area contributed by atoms with Crippen LogP contribution in [0.25, 0.3) is 0 Å². The summed E-state index contributed by atoms with van der Waals surface area (Å²) < 4.78 is 5.18. The van der Waals surface area contributed by atoms with Crippen LogP contribution in [-0.2, 0) is 0 Å². The predicted molar refractivity (Wildman–Crippen MR) is 70.2 cm³/mol. The second-order valence-corrected chi connectivity index (χ2v) is 4.59. The molecule has 0 saturated heterocycles. The van der Waals surface area contributed by atoms with Gasteiger partial charge in [-0.3, -0.25) is 4.90 Å². The molecule has 1 aliphatic rings. The van der Waals surface area contributed by atoms with Crippen molar-refractivity contribution in [2.45, 2.75) is 31.8 Å². The van der Waals surface area contributed by atoms with Gasteiger partial charge in [0.25, 0.3) is 0 Å². The first-order chi connectivity index (χ1) is 8.30. The molecule has 1 atom stereocenters. The molecule has 3 nitrogen and oxygen atoms in total. The number of hydrogen-bond donors (Lipinski definition) is 1. The van der Waals surface area contributed by atoms with Crippen molar-refractivity contribution >= 4 is 0 Å². The average Bonchev–Trinajstić information content (AvgIpc) is 3.20. The number of methoxy groups -OCH3 is 1. The van der Waals surface area contributed by atoms with Crippen molar-refractivity contribution in [3.8, 4) is 5.75 Å². The van der Waals surface area contributed by atoms with Crippen LogP contribution in [0.15, 0.2) is 24.3 Å². The topological polar surface area (TPSA) is 38.5 Å². The van der Waals surface area contributed by atoms with Crippen molar-refractivity contribution in [1.29, 1.82) is 0 Å². The zero-order valence-corrected chi connectivity index (χ0v) is 10.7. The van der Waals surface area contributed by atoms with Crippen molar-refractivity contribution in [1.82, 2.24) is 4.90 Å². The van der Waals surface area contributed by atoms with Crippen LogP contribution in [0.5, 0.6) is 5.75 Å². The first-order valence-electron chi connectivity index (χ1n) is 6.40. The minimum atomic E-state index is 0.346. The highest BCUT2D eigenvalue weighted by molar-refractivity contribution is 5.29. The van der Waals surface area contributed by atoms with Gasteiger partial charge in [0, 0.05) is 18.6 Å². The molecular formula is C14H22N2O. The van der Waals surface area contributed by atoms with E-state index in [0.717, 1.165) is 18.3 Å². The first-order valence-corrected chi connectivity index (χ1v) is 6.40. The highest BCUT2D eigenvalue weighted by Crippen LogP contribution is 2.34. The fraction of sp³-hybridized carbons (Fsp3) is 0.571. The number of rotatable bonds is 6. The van der Waals surface area contributed by atoms with Crippen molar-refractivity contribution in [3.63, 3.8) is 0 Å². The lowest BCUT2D eigenvalue weighted by molar-refractivity contribution is 0.202. The molecule has 1 aromatic rings. The number of benzene rings is 1. The largest absolute Gasteiger partial charge is 0.497 e. The molecule has 1 aliphatic carbocycles. The lowest BCUT2D eigenvalue weighted by Gasteiger charge is -2.30. The molecule has 0 amide bonds. The molecule has 2 N–H and O–H groups in total. The smallest absolute Gasteiger partial charge is 0.118 e. The lowest BCUT2D eigenvalue weighted by Crippen LogP contribution is -2.35. The fourth-order valence-corrected chi connectivity index (χ4v) is 2.43. The van der Waals surface area contributed by atoms with Gasteiger partial charge in [-0.15, -0.1) is 0 Å². The number of likely N-dealkylation sites (N-methyl/N-ethyl adjacent to an activating group) is 1. The van der Waals surface area contributed by atoms with Gasteiger partial charge < -0.3 is 10.5 Å². The summed E-state index contributed by atoms with van der Waals surface area (Å²) in [5, 5.41) is 0. The Labute approximate surface area is 104 Å². The molecule has 1 saturated carbocycles. The van der Waals surface area contributed by atoms with Gasteiger partial charge >= 0.3 is 0 Å². The SMILES string of the molecule is CCN(C1CC1)C(CN)c1ccc(OC)cc1. The number of hydrogen-bond acceptors (Lipinski definition) is 3. The van der Waals surface area contributed by atoms with Crippen LogP contribution in [-0.4, -0.2) is 31.1 Å². The Bertz CT molecular complexity index is 346. The number of ether oxygens (including phenoxy) is 1. The molecule has 0 radical (unpaired) electrons. The lowest BCUT2D eigenvalue weighted by atomic mass is 10.0. The number of nitrogens with zero attached hydrogens (tertiary/aromatic N) is 1. The van der Waals surface area contributed by atoms with Gasteiger partial charge in [-0.05, 0) is 37.1 Å². The Morgan fingerprint density at radius 1 is 1.35 bits per heavy atom. The normalized spacial score (nSPS) is 17.2. The average molecular weight is 234 g/mol. The molecule has 3 heteroatoms. The van der Waals surface area contributed by atoms with Gasteiger partial charge in [0.1, 0.15) is 5.75 Å². The van der Waals surface area contributed by atoms with Crippen LogP contribution in [0.2, 0.25) is 0 Å². The maximum atomic E-state index is 5.94. The van der Waals surface area contributed by atoms with Gasteiger partial charge in [0.2, 0.25) is 0 Å². The van der Waals surface area contributed by atoms with Gasteiger partial charge in [-0.25, -0.2) is 0 Å². The maximum Gasteiger partial charge on any atom is 0.118 e. The highest BCUT2D eigenvalue weighted by atomic mass is 16.5. The maximum absolute atomic E-state index is 5.94. The van der Waals surface area contributed by atoms with Crippen molar-refractivity contribution in [2.24, 2.45) is 5.73 Å². The summed E-state index contributed by atoms with van der Waals surface area (Å²) >= 11 is 0. The summed E-state index contributed by atoms with van der Waals surface area (Å²) in [7, 11) is 1.69. The molecule has 0 heterocycles. The van der Waals surface area contributed by atoms with Crippen LogP contribution in [0, 0.1) is 0 Å². The highest BCUT2D eigenvalue weighted by Gasteiger charge is 2.32. The second-order valence-electron chi connectivity index (χ2n) is 4.59. The van der Waals surface area contributed by atoms with E-state index in [9.17, 15) is 0 Å². The van der Waals surface area contributed by atoms with E-state index in [2.05, 4.69) is 24.0 Å². The van der Waals surface area contributed by atoms with E-state index in [1.54, 1.807) is 7.11 Å². The predicted octanol–water partition coefficient (Wildman–Crippen LogP) is 2.18. The summed E-state index contributed by atoms with van der Waals surface area (Å²) in [5.41, 5.74) is 7.24. The van der Waals surface area contributed by atoms with E-state index in [0.29, 0.717) is 12.6 Å². The van der Waals surface area contributed by atoms with Crippen molar-refractivity contribution < 1.29 is 4.74 Å². The molecule has 0 aromatic heterocycles. The molecule has 0 aliphatic heterocycles. The van der Waals surface area contributed by atoms with E-state index < -0.39 is 0 Å². The van der Waals surface area contributed by atoms with Crippen molar-refractivity contribution in [2.75, 3.05) is 20.2 Å². The standard InChI is InChI=1S/C14H22N2O/c1-3-16(12-6-7-12)14(10-15)11-4-8-13(17-2)9-5-11/h4-5,8-9,12,14H,3,6-7,10,15H2,1-2H3. The minimum Gasteiger partial charge on any atom is -0.497 e. The molecule has 2 rings (SSSR count). The van der Waals surface area contributed by atoms with Crippen LogP contribution in [0.3, 0.4) is 0 Å². The van der Waals surface area contributed by atoms with E-state index in [1.165, 1.54) is 18.4 Å². The second kappa shape index (κ2) is 5.52. The number of nitrogens with two attached hydrogens (primary N) is 1. The van der Waals surface area contributed by atoms with Crippen LogP contribution < -0.4 is 10.5 Å². The Morgan fingerprint density at radius 3 is 2.41 bits per heavy atom. The molecule has 1 unspecified atom stereocenters. The molecular weight excluding hydrogens is 212 g/mol. The summed E-state index contributed by atoms with van der Waals surface area (Å²) in [4.78, 5) is 2.52. The Kier molecular flexibility index (Phi) is 4.02. The third-order valence-electron chi connectivity index (χ3n) is 3.51. The van der Waals surface area contributed by atoms with Gasteiger partial charge in [-0.2, -0.15) is 0 Å². The minimum absolute atomic E-state index is 0.346. The zero-order chi connectivity index (χ0) is 12.3. The molecule has 0 bridgehead atoms. The van der Waals surface area contributed by atoms with Crippen LogP contribution >= 0.6 is 0 Å². The molecule has 94 valence electrons. The zero-order valence-electron chi connectivity index (χ0n) is 10.7. The Balaban J connectivity index is 2.14. The first kappa shape index (κ1) is 12.4. The van der Waals surface area contributed by atoms with E-state index >= 15 is 0 Å². The van der Waals surface area contributed by atoms with Gasteiger partial charge in [0.05, 0.1) is 7.11 Å². The fourth-order valence-electron chi connectivity index (χ4n) is 2.43. The van der Waals surface area contributed by atoms with Crippen LogP contribution in [0.4, 0.5) is 0 Å². The van der Waals surface area contributed by atoms with Gasteiger partial charge in [0.15, 0.2) is 0 Å². The third kappa shape index (κ3) is 2.79. The van der Waals surface area contributed by atoms with Crippen molar-refractivity contribution in [3.05, 3.63) is 29.8 Å². The third-order valence-corrected chi connectivity index (χ3v) is 3.51. The Hall–Kier alpha value is -1.06.